The normalized spacial score (nSPS) is 17.3. The Morgan fingerprint density at radius 3 is 2.62 bits per heavy atom. The highest BCUT2D eigenvalue weighted by molar-refractivity contribution is 6.40. The first kappa shape index (κ1) is 20.6. The van der Waals surface area contributed by atoms with Crippen LogP contribution in [0.5, 0.6) is 0 Å². The first-order chi connectivity index (χ1) is 12.0. The maximum Gasteiger partial charge on any atom is 0.410 e. The average molecular weight is 402 g/mol. The highest BCUT2D eigenvalue weighted by atomic mass is 35.5. The minimum Gasteiger partial charge on any atom is -0.444 e. The van der Waals surface area contributed by atoms with Crippen molar-refractivity contribution in [2.45, 2.75) is 45.3 Å². The van der Waals surface area contributed by atoms with Crippen LogP contribution in [-0.4, -0.2) is 53.6 Å². The number of nitrogen functional groups attached to an aromatic ring is 1. The summed E-state index contributed by atoms with van der Waals surface area (Å²) in [5.41, 5.74) is 5.78. The van der Waals surface area contributed by atoms with Crippen molar-refractivity contribution < 1.29 is 14.3 Å². The zero-order valence-electron chi connectivity index (χ0n) is 15.5. The van der Waals surface area contributed by atoms with Crippen LogP contribution >= 0.6 is 23.2 Å². The van der Waals surface area contributed by atoms with Gasteiger partial charge in [-0.1, -0.05) is 23.2 Å². The van der Waals surface area contributed by atoms with E-state index in [0.29, 0.717) is 23.7 Å². The monoisotopic (exact) mass is 401 g/mol. The molecule has 8 heteroatoms. The third-order valence-corrected chi connectivity index (χ3v) is 4.92. The van der Waals surface area contributed by atoms with Crippen LogP contribution in [0.2, 0.25) is 10.0 Å². The van der Waals surface area contributed by atoms with E-state index in [4.69, 9.17) is 33.7 Å². The summed E-state index contributed by atoms with van der Waals surface area (Å²) in [7, 11) is 1.67. The molecule has 0 spiro atoms. The molecule has 0 radical (unpaired) electrons. The highest BCUT2D eigenvalue weighted by Crippen LogP contribution is 2.32. The van der Waals surface area contributed by atoms with Gasteiger partial charge in [-0.15, -0.1) is 0 Å². The van der Waals surface area contributed by atoms with Crippen molar-refractivity contribution in [1.29, 1.82) is 0 Å². The van der Waals surface area contributed by atoms with Gasteiger partial charge in [0, 0.05) is 26.2 Å². The second kappa shape index (κ2) is 7.92. The molecule has 1 aromatic rings. The van der Waals surface area contributed by atoms with E-state index in [1.54, 1.807) is 24.1 Å². The Labute approximate surface area is 164 Å². The molecule has 0 aliphatic carbocycles. The fourth-order valence-corrected chi connectivity index (χ4v) is 3.36. The number of benzene rings is 1. The molecule has 2 amide bonds. The molecule has 1 saturated heterocycles. The molecule has 0 unspecified atom stereocenters. The number of carbonyl (C=O) groups excluding carboxylic acids is 2. The third kappa shape index (κ3) is 4.74. The van der Waals surface area contributed by atoms with Gasteiger partial charge in [-0.2, -0.15) is 0 Å². The molecule has 1 aromatic carbocycles. The molecule has 0 bridgehead atoms. The van der Waals surface area contributed by atoms with Gasteiger partial charge in [0.05, 0.1) is 21.3 Å². The van der Waals surface area contributed by atoms with E-state index in [9.17, 15) is 9.59 Å². The SMILES string of the molecule is CN(C[C@H]1CCCN1C(=O)c1ccc(Cl)c(N)c1Cl)C(=O)OC(C)(C)C. The van der Waals surface area contributed by atoms with E-state index in [1.165, 1.54) is 4.90 Å². The smallest absolute Gasteiger partial charge is 0.410 e. The lowest BCUT2D eigenvalue weighted by atomic mass is 10.1. The summed E-state index contributed by atoms with van der Waals surface area (Å²) in [5.74, 6) is -0.210. The van der Waals surface area contributed by atoms with Crippen LogP contribution in [0, 0.1) is 0 Å². The summed E-state index contributed by atoms with van der Waals surface area (Å²) in [5, 5.41) is 0.475. The Balaban J connectivity index is 2.11. The average Bonchev–Trinajstić information content (AvgIpc) is 2.98. The van der Waals surface area contributed by atoms with Gasteiger partial charge in [0.1, 0.15) is 5.60 Å². The van der Waals surface area contributed by atoms with Gasteiger partial charge in [0.25, 0.3) is 5.91 Å². The molecule has 0 aromatic heterocycles. The number of hydrogen-bond donors (Lipinski definition) is 1. The minimum absolute atomic E-state index is 0.104. The van der Waals surface area contributed by atoms with Crippen LogP contribution in [0.1, 0.15) is 44.0 Å². The second-order valence-corrected chi connectivity index (χ2v) is 8.26. The maximum absolute atomic E-state index is 12.9. The van der Waals surface area contributed by atoms with Crippen LogP contribution in [0.15, 0.2) is 12.1 Å². The van der Waals surface area contributed by atoms with Crippen LogP contribution in [0.4, 0.5) is 10.5 Å². The Morgan fingerprint density at radius 2 is 2.00 bits per heavy atom. The number of hydrogen-bond acceptors (Lipinski definition) is 4. The van der Waals surface area contributed by atoms with Gasteiger partial charge >= 0.3 is 6.09 Å². The Bertz CT molecular complexity index is 704. The quantitative estimate of drug-likeness (QED) is 0.774. The number of ether oxygens (including phenoxy) is 1. The molecule has 2 N–H and O–H groups in total. The van der Waals surface area contributed by atoms with Crippen LogP contribution in [0.3, 0.4) is 0 Å². The van der Waals surface area contributed by atoms with E-state index in [-0.39, 0.29) is 22.7 Å². The van der Waals surface area contributed by atoms with Crippen molar-refractivity contribution in [2.75, 3.05) is 25.9 Å². The highest BCUT2D eigenvalue weighted by Gasteiger charge is 2.33. The molecular formula is C18H25Cl2N3O3. The van der Waals surface area contributed by atoms with E-state index >= 15 is 0 Å². The Kier molecular flexibility index (Phi) is 6.29. The largest absolute Gasteiger partial charge is 0.444 e. The summed E-state index contributed by atoms with van der Waals surface area (Å²) < 4.78 is 5.37. The first-order valence-corrected chi connectivity index (χ1v) is 9.25. The number of likely N-dealkylation sites (tertiary alicyclic amines) is 1. The Hall–Kier alpha value is -1.66. The lowest BCUT2D eigenvalue weighted by Crippen LogP contribution is -2.45. The lowest BCUT2D eigenvalue weighted by Gasteiger charge is -2.30. The second-order valence-electron chi connectivity index (χ2n) is 7.48. The molecule has 144 valence electrons. The predicted molar refractivity (Wildman–Crippen MR) is 104 cm³/mol. The number of nitrogens with two attached hydrogens (primary N) is 1. The standard InChI is InChI=1S/C18H25Cl2N3O3/c1-18(2,3)26-17(25)22(4)10-11-6-5-9-23(11)16(24)12-7-8-13(19)15(21)14(12)20/h7-8,11H,5-6,9-10,21H2,1-4H3/t11-/m1/s1. The molecule has 1 heterocycles. The van der Waals surface area contributed by atoms with E-state index in [0.717, 1.165) is 12.8 Å². The molecular weight excluding hydrogens is 377 g/mol. The van der Waals surface area contributed by atoms with Gasteiger partial charge < -0.3 is 20.3 Å². The van der Waals surface area contributed by atoms with Crippen molar-refractivity contribution in [3.8, 4) is 0 Å². The summed E-state index contributed by atoms with van der Waals surface area (Å²) >= 11 is 12.1. The van der Waals surface area contributed by atoms with Crippen LogP contribution in [0.25, 0.3) is 0 Å². The molecule has 6 nitrogen and oxygen atoms in total. The van der Waals surface area contributed by atoms with Gasteiger partial charge in [0.2, 0.25) is 0 Å². The number of likely N-dealkylation sites (N-methyl/N-ethyl adjacent to an activating group) is 1. The fraction of sp³-hybridized carbons (Fsp3) is 0.556. The van der Waals surface area contributed by atoms with Gasteiger partial charge in [-0.25, -0.2) is 4.79 Å². The van der Waals surface area contributed by atoms with Crippen LogP contribution < -0.4 is 5.73 Å². The first-order valence-electron chi connectivity index (χ1n) is 8.50. The lowest BCUT2D eigenvalue weighted by molar-refractivity contribution is 0.0252. The van der Waals surface area contributed by atoms with Gasteiger partial charge in [-0.05, 0) is 45.7 Å². The summed E-state index contributed by atoms with van der Waals surface area (Å²) in [6, 6.07) is 3.04. The maximum atomic E-state index is 12.9. The van der Waals surface area contributed by atoms with Crippen molar-refractivity contribution in [3.05, 3.63) is 27.7 Å². The van der Waals surface area contributed by atoms with Gasteiger partial charge in [0.15, 0.2) is 0 Å². The van der Waals surface area contributed by atoms with Crippen LogP contribution in [-0.2, 0) is 4.74 Å². The third-order valence-electron chi connectivity index (χ3n) is 4.18. The zero-order valence-corrected chi connectivity index (χ0v) is 17.0. The number of anilines is 1. The molecule has 1 aliphatic rings. The molecule has 2 rings (SSSR count). The van der Waals surface area contributed by atoms with E-state index in [2.05, 4.69) is 0 Å². The molecule has 1 aliphatic heterocycles. The molecule has 1 fully saturated rings. The number of carbonyl (C=O) groups is 2. The summed E-state index contributed by atoms with van der Waals surface area (Å²) in [6.45, 7) is 6.44. The predicted octanol–water partition coefficient (Wildman–Crippen LogP) is 4.05. The fourth-order valence-electron chi connectivity index (χ4n) is 2.91. The minimum atomic E-state index is -0.565. The van der Waals surface area contributed by atoms with E-state index < -0.39 is 11.7 Å². The van der Waals surface area contributed by atoms with Gasteiger partial charge in [-0.3, -0.25) is 4.79 Å². The number of halogens is 2. The number of rotatable bonds is 3. The molecule has 26 heavy (non-hydrogen) atoms. The van der Waals surface area contributed by atoms with Crippen molar-refractivity contribution in [2.24, 2.45) is 0 Å². The van der Waals surface area contributed by atoms with Crippen molar-refractivity contribution in [3.63, 3.8) is 0 Å². The number of nitrogens with zero attached hydrogens (tertiary/aromatic N) is 2. The summed E-state index contributed by atoms with van der Waals surface area (Å²) in [4.78, 5) is 28.3. The number of amides is 2. The zero-order chi connectivity index (χ0) is 19.6. The van der Waals surface area contributed by atoms with Crippen molar-refractivity contribution in [1.82, 2.24) is 9.80 Å². The summed E-state index contributed by atoms with van der Waals surface area (Å²) in [6.07, 6.45) is 1.25. The molecule has 0 saturated carbocycles. The topological polar surface area (TPSA) is 75.9 Å². The van der Waals surface area contributed by atoms with E-state index in [1.807, 2.05) is 20.8 Å². The van der Waals surface area contributed by atoms with Crippen molar-refractivity contribution >= 4 is 40.9 Å². The molecule has 1 atom stereocenters. The Morgan fingerprint density at radius 1 is 1.35 bits per heavy atom.